The van der Waals surface area contributed by atoms with Crippen LogP contribution < -0.4 is 5.11 Å². The first-order valence-corrected chi connectivity index (χ1v) is 42.3. The van der Waals surface area contributed by atoms with Gasteiger partial charge in [-0.25, -0.2) is 0 Å². The maximum absolute atomic E-state index is 13.0. The first-order valence-electron chi connectivity index (χ1n) is 42.3. The molecule has 0 spiro atoms. The van der Waals surface area contributed by atoms with Gasteiger partial charge in [0.25, 0.3) is 0 Å². The number of carboxylic acid groups (broad SMARTS) is 1. The van der Waals surface area contributed by atoms with Crippen LogP contribution in [-0.4, -0.2) is 82.3 Å². The third-order valence-electron chi connectivity index (χ3n) is 18.4. The molecule has 0 saturated carbocycles. The fourth-order valence-electron chi connectivity index (χ4n) is 12.0. The molecule has 0 saturated heterocycles. The summed E-state index contributed by atoms with van der Waals surface area (Å²) in [6, 6.07) is 0. The van der Waals surface area contributed by atoms with E-state index in [1.54, 1.807) is 0 Å². The largest absolute Gasteiger partial charge is 0.545 e. The molecule has 0 aromatic carbocycles. The van der Waals surface area contributed by atoms with Gasteiger partial charge in [-0.05, 0) is 116 Å². The minimum Gasteiger partial charge on any atom is -0.545 e. The van der Waals surface area contributed by atoms with Crippen LogP contribution in [0.4, 0.5) is 0 Å². The van der Waals surface area contributed by atoms with Crippen molar-refractivity contribution in [1.82, 2.24) is 0 Å². The quantitative estimate of drug-likeness (QED) is 0.0195. The van der Waals surface area contributed by atoms with Crippen LogP contribution in [0.15, 0.2) is 134 Å². The van der Waals surface area contributed by atoms with Crippen molar-refractivity contribution in [1.29, 1.82) is 0 Å². The molecule has 9 nitrogen and oxygen atoms in total. The summed E-state index contributed by atoms with van der Waals surface area (Å²) < 4.78 is 22.9. The summed E-state index contributed by atoms with van der Waals surface area (Å²) in [5.41, 5.74) is 0. The number of aliphatic carboxylic acids is 1. The molecule has 101 heavy (non-hydrogen) atoms. The molecule has 0 N–H and O–H groups in total. The first kappa shape index (κ1) is 96.4. The number of carbonyl (C=O) groups is 3. The highest BCUT2D eigenvalue weighted by molar-refractivity contribution is 5.70. The van der Waals surface area contributed by atoms with E-state index in [4.69, 9.17) is 18.9 Å². The van der Waals surface area contributed by atoms with Crippen LogP contribution in [0, 0.1) is 0 Å². The van der Waals surface area contributed by atoms with E-state index in [0.29, 0.717) is 17.4 Å². The summed E-state index contributed by atoms with van der Waals surface area (Å²) in [5.74, 6) is -2.29. The number of ether oxygens (including phenoxy) is 4. The van der Waals surface area contributed by atoms with Crippen LogP contribution in [0.5, 0.6) is 0 Å². The Labute approximate surface area is 624 Å². The molecule has 0 aliphatic heterocycles. The van der Waals surface area contributed by atoms with E-state index in [1.165, 1.54) is 231 Å². The summed E-state index contributed by atoms with van der Waals surface area (Å²) >= 11 is 0. The first-order chi connectivity index (χ1) is 49.6. The molecule has 2 unspecified atom stereocenters. The maximum Gasteiger partial charge on any atom is 0.306 e. The number of hydrogen-bond acceptors (Lipinski definition) is 8. The van der Waals surface area contributed by atoms with Crippen molar-refractivity contribution >= 4 is 17.9 Å². The Kier molecular flexibility index (Phi) is 77.4. The van der Waals surface area contributed by atoms with Crippen molar-refractivity contribution in [2.45, 2.75) is 386 Å². The predicted octanol–water partition coefficient (Wildman–Crippen LogP) is 26.3. The van der Waals surface area contributed by atoms with Crippen molar-refractivity contribution in [3.05, 3.63) is 134 Å². The molecule has 0 heterocycles. The highest BCUT2D eigenvalue weighted by Crippen LogP contribution is 2.19. The second kappa shape index (κ2) is 81.1. The van der Waals surface area contributed by atoms with Gasteiger partial charge in [0.1, 0.15) is 13.2 Å². The Morgan fingerprint density at radius 2 is 0.564 bits per heavy atom. The van der Waals surface area contributed by atoms with E-state index in [9.17, 15) is 19.5 Å². The summed E-state index contributed by atoms with van der Waals surface area (Å²) in [7, 11) is 5.94. The zero-order chi connectivity index (χ0) is 73.2. The van der Waals surface area contributed by atoms with Gasteiger partial charge in [-0.3, -0.25) is 9.59 Å². The molecule has 580 valence electrons. The summed E-state index contributed by atoms with van der Waals surface area (Å²) in [6.07, 6.45) is 114. The lowest BCUT2D eigenvalue weighted by Gasteiger charge is -2.26. The molecule has 0 amide bonds. The van der Waals surface area contributed by atoms with Gasteiger partial charge in [0.15, 0.2) is 12.4 Å². The van der Waals surface area contributed by atoms with Gasteiger partial charge in [-0.15, -0.1) is 0 Å². The maximum atomic E-state index is 13.0. The number of quaternary nitrogens is 1. The molecule has 0 radical (unpaired) electrons. The highest BCUT2D eigenvalue weighted by atomic mass is 16.7. The Hall–Kier alpha value is -4.57. The smallest absolute Gasteiger partial charge is 0.306 e. The zero-order valence-electron chi connectivity index (χ0n) is 66.5. The summed E-state index contributed by atoms with van der Waals surface area (Å²) in [6.45, 7) is 4.66. The monoisotopic (exact) mass is 1410 g/mol. The zero-order valence-corrected chi connectivity index (χ0v) is 66.5. The molecular formula is C92H159NO8. The highest BCUT2D eigenvalue weighted by Gasteiger charge is 2.22. The summed E-state index contributed by atoms with van der Waals surface area (Å²) in [5, 5.41) is 11.9. The molecule has 0 aliphatic rings. The molecule has 0 aromatic heterocycles. The third-order valence-corrected chi connectivity index (χ3v) is 18.4. The minimum absolute atomic E-state index is 0.142. The molecule has 0 rings (SSSR count). The standard InChI is InChI=1S/C92H159NO8/c1-6-8-10-12-14-16-18-20-22-24-26-28-30-32-34-36-38-40-42-44-45-47-49-51-53-55-57-59-61-63-65-67-69-71-73-75-77-79-81-83-90(95)101-88(87-100-92(91(96)97)98-85-84-93(3,4)5)86-99-89(94)82-80-78-76-74-72-70-68-66-64-62-60-58-56-54-52-50-48-46-43-41-39-37-35-33-31-29-27-25-23-21-19-17-15-13-11-9-7-2/h8,10,14,16,20,22,25-28,32,34,38,40,44-45,49,51,55,57,61,63,88,92H,6-7,9,11-13,15,17-19,21,23-24,29-31,33,35-37,39,41-43,46-48,50,52-54,56,58-60,62,64-87H2,1-5H3/b10-8-,16-14-,22-20-,27-25-,28-26-,34-32-,40-38-,45-44-,51-49-,57-55-,63-61-. The van der Waals surface area contributed by atoms with E-state index in [0.717, 1.165) is 109 Å². The second-order valence-electron chi connectivity index (χ2n) is 29.4. The van der Waals surface area contributed by atoms with Gasteiger partial charge in [0.2, 0.25) is 0 Å². The van der Waals surface area contributed by atoms with E-state index in [-0.39, 0.29) is 38.6 Å². The lowest BCUT2D eigenvalue weighted by atomic mass is 10.0. The molecule has 0 bridgehead atoms. The number of unbranched alkanes of at least 4 members (excludes halogenated alkanes) is 41. The number of carboxylic acids is 1. The van der Waals surface area contributed by atoms with Crippen molar-refractivity contribution < 1.29 is 42.9 Å². The average Bonchev–Trinajstić information content (AvgIpc) is 1.21. The minimum atomic E-state index is -1.63. The lowest BCUT2D eigenvalue weighted by Crippen LogP contribution is -2.44. The topological polar surface area (TPSA) is 111 Å². The van der Waals surface area contributed by atoms with Crippen LogP contribution in [0.1, 0.15) is 373 Å². The molecule has 0 fully saturated rings. The third kappa shape index (κ3) is 82.6. The van der Waals surface area contributed by atoms with Crippen LogP contribution in [0.3, 0.4) is 0 Å². The van der Waals surface area contributed by atoms with E-state index in [2.05, 4.69) is 148 Å². The van der Waals surface area contributed by atoms with Gasteiger partial charge in [-0.2, -0.15) is 0 Å². The molecule has 2 atom stereocenters. The number of esters is 2. The van der Waals surface area contributed by atoms with Gasteiger partial charge in [0, 0.05) is 12.8 Å². The van der Waals surface area contributed by atoms with Gasteiger partial charge in [0.05, 0.1) is 40.3 Å². The van der Waals surface area contributed by atoms with Gasteiger partial charge in [-0.1, -0.05) is 379 Å². The van der Waals surface area contributed by atoms with Crippen molar-refractivity contribution in [2.75, 3.05) is 47.5 Å². The number of rotatable bonds is 78. The van der Waals surface area contributed by atoms with E-state index >= 15 is 0 Å². The molecule has 0 aromatic rings. The van der Waals surface area contributed by atoms with Gasteiger partial charge < -0.3 is 33.3 Å². The van der Waals surface area contributed by atoms with Crippen LogP contribution in [-0.2, 0) is 33.3 Å². The van der Waals surface area contributed by atoms with Gasteiger partial charge >= 0.3 is 11.9 Å². The second-order valence-corrected chi connectivity index (χ2v) is 29.4. The average molecular weight is 1410 g/mol. The lowest BCUT2D eigenvalue weighted by molar-refractivity contribution is -0.870. The van der Waals surface area contributed by atoms with Crippen molar-refractivity contribution in [2.24, 2.45) is 0 Å². The fraction of sp³-hybridized carbons (Fsp3) is 0.728. The predicted molar refractivity (Wildman–Crippen MR) is 435 cm³/mol. The van der Waals surface area contributed by atoms with E-state index < -0.39 is 24.3 Å². The van der Waals surface area contributed by atoms with Crippen molar-refractivity contribution in [3.8, 4) is 0 Å². The number of allylic oxidation sites excluding steroid dienone is 22. The normalized spacial score (nSPS) is 13.3. The van der Waals surface area contributed by atoms with Crippen LogP contribution >= 0.6 is 0 Å². The van der Waals surface area contributed by atoms with Crippen LogP contribution in [0.25, 0.3) is 0 Å². The Morgan fingerprint density at radius 3 is 0.851 bits per heavy atom. The molecule has 0 aliphatic carbocycles. The Bertz CT molecular complexity index is 2130. The summed E-state index contributed by atoms with van der Waals surface area (Å²) in [4.78, 5) is 37.6. The number of likely N-dealkylation sites (N-methyl/N-ethyl adjacent to an activating group) is 1. The van der Waals surface area contributed by atoms with E-state index in [1.807, 2.05) is 21.1 Å². The number of carbonyl (C=O) groups excluding carboxylic acids is 3. The Balaban J connectivity index is 4.05. The SMILES string of the molecule is CC/C=C\C/C=C\C/C=C\C/C=C\C/C=C\C/C=C\C/C=C\C/C=C\C/C=C\C/C=C\CCCCCCCCCCC(=O)OC(COC(=O)CCCCCCCCCCCCCCCCCCCCCCCCCCC/C=C\CCCCCCCCCC)COC(OCC[N+](C)(C)C)C(=O)[O-]. The molecule has 9 heteroatoms. The molecular weight excluding hydrogens is 1250 g/mol. The number of hydrogen-bond donors (Lipinski definition) is 0. The van der Waals surface area contributed by atoms with Crippen LogP contribution in [0.2, 0.25) is 0 Å². The Morgan fingerprint density at radius 1 is 0.307 bits per heavy atom. The number of nitrogens with zero attached hydrogens (tertiary/aromatic N) is 1. The fourth-order valence-corrected chi connectivity index (χ4v) is 12.0. The van der Waals surface area contributed by atoms with Crippen molar-refractivity contribution in [3.63, 3.8) is 0 Å².